The summed E-state index contributed by atoms with van der Waals surface area (Å²) in [5, 5.41) is 5.57. The Morgan fingerprint density at radius 3 is 2.25 bits per heavy atom. The molecule has 0 amide bonds. The average molecular weight is 316 g/mol. The summed E-state index contributed by atoms with van der Waals surface area (Å²) in [7, 11) is -2.57. The minimum absolute atomic E-state index is 0.0152. The average Bonchev–Trinajstić information content (AvgIpc) is 2.37. The molecule has 0 fully saturated rings. The highest BCUT2D eigenvalue weighted by Gasteiger charge is 2.09. The SMILES string of the molecule is CNc1nc(Cl)nc(Nc2ccc(S(=O)(=O)O)cc2)n1. The lowest BCUT2D eigenvalue weighted by Crippen LogP contribution is -2.04. The van der Waals surface area contributed by atoms with E-state index in [1.54, 1.807) is 7.05 Å². The molecule has 0 radical (unpaired) electrons. The normalized spacial score (nSPS) is 11.2. The number of anilines is 3. The molecule has 8 nitrogen and oxygen atoms in total. The van der Waals surface area contributed by atoms with Crippen LogP contribution >= 0.6 is 11.6 Å². The first-order valence-electron chi connectivity index (χ1n) is 5.32. The first kappa shape index (κ1) is 14.4. The van der Waals surface area contributed by atoms with Crippen LogP contribution in [0.4, 0.5) is 17.6 Å². The van der Waals surface area contributed by atoms with Gasteiger partial charge in [0, 0.05) is 12.7 Å². The largest absolute Gasteiger partial charge is 0.357 e. The molecular weight excluding hydrogens is 306 g/mol. The van der Waals surface area contributed by atoms with Crippen LogP contribution in [0.3, 0.4) is 0 Å². The van der Waals surface area contributed by atoms with E-state index in [2.05, 4.69) is 25.6 Å². The second-order valence-electron chi connectivity index (χ2n) is 3.63. The second-order valence-corrected chi connectivity index (χ2v) is 5.39. The fourth-order valence-electron chi connectivity index (χ4n) is 1.36. The van der Waals surface area contributed by atoms with Gasteiger partial charge in [0.25, 0.3) is 10.1 Å². The minimum atomic E-state index is -4.21. The van der Waals surface area contributed by atoms with Gasteiger partial charge in [-0.15, -0.1) is 0 Å². The zero-order valence-corrected chi connectivity index (χ0v) is 11.8. The molecule has 2 rings (SSSR count). The van der Waals surface area contributed by atoms with Crippen LogP contribution in [0.25, 0.3) is 0 Å². The molecule has 1 heterocycles. The van der Waals surface area contributed by atoms with Gasteiger partial charge >= 0.3 is 0 Å². The molecule has 0 saturated heterocycles. The first-order chi connectivity index (χ1) is 9.38. The Morgan fingerprint density at radius 1 is 1.10 bits per heavy atom. The number of nitrogens with one attached hydrogen (secondary N) is 2. The monoisotopic (exact) mass is 315 g/mol. The molecule has 3 N–H and O–H groups in total. The number of hydrogen-bond donors (Lipinski definition) is 3. The van der Waals surface area contributed by atoms with E-state index < -0.39 is 10.1 Å². The molecule has 1 aromatic carbocycles. The fraction of sp³-hybridized carbons (Fsp3) is 0.100. The molecule has 0 atom stereocenters. The third kappa shape index (κ3) is 3.53. The Balaban J connectivity index is 2.24. The standard InChI is InChI=1S/C10H10ClN5O3S/c1-12-9-14-8(11)15-10(16-9)13-6-2-4-7(5-3-6)20(17,18)19/h2-5H,1H3,(H,17,18,19)(H2,12,13,14,15,16). The molecule has 1 aromatic heterocycles. The Kier molecular flexibility index (Phi) is 4.02. The summed E-state index contributed by atoms with van der Waals surface area (Å²) in [5.41, 5.74) is 0.529. The molecule has 0 aliphatic rings. The van der Waals surface area contributed by atoms with Gasteiger partial charge in [0.05, 0.1) is 4.90 Å². The Bertz CT molecular complexity index is 720. The lowest BCUT2D eigenvalue weighted by atomic mass is 10.3. The molecule has 20 heavy (non-hydrogen) atoms. The summed E-state index contributed by atoms with van der Waals surface area (Å²) in [6.07, 6.45) is 0. The van der Waals surface area contributed by atoms with Gasteiger partial charge < -0.3 is 10.6 Å². The summed E-state index contributed by atoms with van der Waals surface area (Å²) >= 11 is 5.73. The van der Waals surface area contributed by atoms with Gasteiger partial charge in [-0.3, -0.25) is 4.55 Å². The molecule has 0 aliphatic carbocycles. The van der Waals surface area contributed by atoms with E-state index in [4.69, 9.17) is 16.2 Å². The summed E-state index contributed by atoms with van der Waals surface area (Å²) in [5.74, 6) is 0.496. The molecule has 0 aliphatic heterocycles. The molecule has 2 aromatic rings. The van der Waals surface area contributed by atoms with Gasteiger partial charge in [0.1, 0.15) is 0 Å². The summed E-state index contributed by atoms with van der Waals surface area (Å²) in [6.45, 7) is 0. The van der Waals surface area contributed by atoms with Gasteiger partial charge in [0.15, 0.2) is 0 Å². The highest BCUT2D eigenvalue weighted by molar-refractivity contribution is 7.85. The molecule has 10 heteroatoms. The van der Waals surface area contributed by atoms with Crippen molar-refractivity contribution in [2.24, 2.45) is 0 Å². The van der Waals surface area contributed by atoms with Gasteiger partial charge in [-0.25, -0.2) is 0 Å². The molecule has 0 spiro atoms. The van der Waals surface area contributed by atoms with Gasteiger partial charge in [-0.05, 0) is 35.9 Å². The van der Waals surface area contributed by atoms with E-state index >= 15 is 0 Å². The van der Waals surface area contributed by atoms with Crippen molar-refractivity contribution < 1.29 is 13.0 Å². The van der Waals surface area contributed by atoms with E-state index in [9.17, 15) is 8.42 Å². The van der Waals surface area contributed by atoms with Crippen molar-refractivity contribution in [3.63, 3.8) is 0 Å². The van der Waals surface area contributed by atoms with E-state index in [0.29, 0.717) is 11.6 Å². The van der Waals surface area contributed by atoms with Crippen LogP contribution in [-0.2, 0) is 10.1 Å². The zero-order valence-electron chi connectivity index (χ0n) is 10.2. The summed E-state index contributed by atoms with van der Waals surface area (Å²) in [6, 6.07) is 5.42. The number of benzene rings is 1. The van der Waals surface area contributed by atoms with Crippen molar-refractivity contribution in [1.29, 1.82) is 0 Å². The third-order valence-electron chi connectivity index (χ3n) is 2.24. The van der Waals surface area contributed by atoms with E-state index in [1.165, 1.54) is 24.3 Å². The highest BCUT2D eigenvalue weighted by Crippen LogP contribution is 2.18. The van der Waals surface area contributed by atoms with Crippen LogP contribution in [0, 0.1) is 0 Å². The lowest BCUT2D eigenvalue weighted by molar-refractivity contribution is 0.483. The predicted molar refractivity (Wildman–Crippen MR) is 73.9 cm³/mol. The highest BCUT2D eigenvalue weighted by atomic mass is 35.5. The maximum Gasteiger partial charge on any atom is 0.294 e. The van der Waals surface area contributed by atoms with Crippen LogP contribution in [0.2, 0.25) is 5.28 Å². The Hall–Kier alpha value is -1.97. The number of aromatic nitrogens is 3. The lowest BCUT2D eigenvalue weighted by Gasteiger charge is -2.06. The van der Waals surface area contributed by atoms with Crippen LogP contribution in [0.15, 0.2) is 29.2 Å². The van der Waals surface area contributed by atoms with Crippen LogP contribution < -0.4 is 10.6 Å². The quantitative estimate of drug-likeness (QED) is 0.728. The predicted octanol–water partition coefficient (Wildman–Crippen LogP) is 1.56. The van der Waals surface area contributed by atoms with E-state index in [-0.39, 0.29) is 16.1 Å². The van der Waals surface area contributed by atoms with Crippen molar-refractivity contribution in [1.82, 2.24) is 15.0 Å². The zero-order chi connectivity index (χ0) is 14.8. The van der Waals surface area contributed by atoms with Gasteiger partial charge in [-0.1, -0.05) is 0 Å². The van der Waals surface area contributed by atoms with Crippen molar-refractivity contribution in [3.8, 4) is 0 Å². The Morgan fingerprint density at radius 2 is 1.70 bits per heavy atom. The van der Waals surface area contributed by atoms with E-state index in [0.717, 1.165) is 0 Å². The minimum Gasteiger partial charge on any atom is -0.357 e. The van der Waals surface area contributed by atoms with Crippen molar-refractivity contribution in [3.05, 3.63) is 29.5 Å². The number of halogens is 1. The van der Waals surface area contributed by atoms with Crippen LogP contribution in [-0.4, -0.2) is 35.0 Å². The topological polar surface area (TPSA) is 117 Å². The van der Waals surface area contributed by atoms with E-state index in [1.807, 2.05) is 0 Å². The van der Waals surface area contributed by atoms with Crippen molar-refractivity contribution >= 4 is 39.3 Å². The molecular formula is C10H10ClN5O3S. The van der Waals surface area contributed by atoms with Gasteiger partial charge in [0.2, 0.25) is 17.2 Å². The summed E-state index contributed by atoms with van der Waals surface area (Å²) < 4.78 is 30.7. The molecule has 0 saturated carbocycles. The van der Waals surface area contributed by atoms with Crippen LogP contribution in [0.5, 0.6) is 0 Å². The molecule has 106 valence electrons. The smallest absolute Gasteiger partial charge is 0.294 e. The van der Waals surface area contributed by atoms with Crippen LogP contribution in [0.1, 0.15) is 0 Å². The van der Waals surface area contributed by atoms with Crippen molar-refractivity contribution in [2.75, 3.05) is 17.7 Å². The Labute approximate surface area is 120 Å². The molecule has 0 unspecified atom stereocenters. The maximum absolute atomic E-state index is 10.9. The maximum atomic E-state index is 10.9. The third-order valence-corrected chi connectivity index (χ3v) is 3.28. The fourth-order valence-corrected chi connectivity index (χ4v) is 2.00. The number of hydrogen-bond acceptors (Lipinski definition) is 7. The van der Waals surface area contributed by atoms with Crippen molar-refractivity contribution in [2.45, 2.75) is 4.90 Å². The second kappa shape index (κ2) is 5.57. The number of rotatable bonds is 4. The van der Waals surface area contributed by atoms with Gasteiger partial charge in [-0.2, -0.15) is 23.4 Å². The molecule has 0 bridgehead atoms. The first-order valence-corrected chi connectivity index (χ1v) is 7.14. The number of nitrogens with zero attached hydrogens (tertiary/aromatic N) is 3. The summed E-state index contributed by atoms with van der Waals surface area (Å²) in [4.78, 5) is 11.5.